The Morgan fingerprint density at radius 1 is 1.20 bits per heavy atom. The molecule has 7 heteroatoms. The van der Waals surface area contributed by atoms with Crippen LogP contribution in [-0.4, -0.2) is 49.2 Å². The predicted molar refractivity (Wildman–Crippen MR) is 100 cm³/mol. The van der Waals surface area contributed by atoms with Gasteiger partial charge in [0.25, 0.3) is 10.0 Å². The summed E-state index contributed by atoms with van der Waals surface area (Å²) in [6.07, 6.45) is 5.85. The predicted octanol–water partition coefficient (Wildman–Crippen LogP) is 3.25. The molecule has 0 saturated carbocycles. The van der Waals surface area contributed by atoms with Crippen molar-refractivity contribution < 1.29 is 13.2 Å². The quantitative estimate of drug-likeness (QED) is 0.801. The lowest BCUT2D eigenvalue weighted by molar-refractivity contribution is -0.140. The first-order valence-electron chi connectivity index (χ1n) is 9.30. The number of carbonyl (C=O) groups excluding carboxylic acids is 1. The molecule has 0 radical (unpaired) electrons. The minimum Gasteiger partial charge on any atom is -0.339 e. The highest BCUT2D eigenvalue weighted by Crippen LogP contribution is 2.30. The van der Waals surface area contributed by atoms with Gasteiger partial charge in [-0.25, -0.2) is 8.42 Å². The standard InChI is InChI=1S/C18H28N2O3S2/c1-3-16-8-4-5-12-20(16)18(21)15-7-6-11-19(13-15)25(22,23)17-10-9-14(2)24-17/h9-10,15-16H,3-8,11-13H2,1-2H3. The molecule has 0 spiro atoms. The zero-order valence-corrected chi connectivity index (χ0v) is 16.7. The maximum atomic E-state index is 13.0. The number of aryl methyl sites for hydroxylation is 1. The van der Waals surface area contributed by atoms with Crippen molar-refractivity contribution in [1.82, 2.24) is 9.21 Å². The molecule has 140 valence electrons. The van der Waals surface area contributed by atoms with Gasteiger partial charge < -0.3 is 4.90 Å². The summed E-state index contributed by atoms with van der Waals surface area (Å²) >= 11 is 1.31. The fourth-order valence-corrected chi connectivity index (χ4v) is 6.95. The second kappa shape index (κ2) is 7.76. The SMILES string of the molecule is CCC1CCCCN1C(=O)C1CCCN(S(=O)(=O)c2ccc(C)s2)C1. The first kappa shape index (κ1) is 18.9. The van der Waals surface area contributed by atoms with E-state index in [9.17, 15) is 13.2 Å². The number of thiophene rings is 1. The minimum absolute atomic E-state index is 0.161. The van der Waals surface area contributed by atoms with Gasteiger partial charge in [-0.15, -0.1) is 11.3 Å². The van der Waals surface area contributed by atoms with Gasteiger partial charge >= 0.3 is 0 Å². The van der Waals surface area contributed by atoms with E-state index in [4.69, 9.17) is 0 Å². The molecule has 0 N–H and O–H groups in total. The van der Waals surface area contributed by atoms with Crippen LogP contribution in [0.15, 0.2) is 16.3 Å². The first-order valence-corrected chi connectivity index (χ1v) is 11.6. The van der Waals surface area contributed by atoms with Crippen LogP contribution >= 0.6 is 11.3 Å². The Labute approximate surface area is 155 Å². The van der Waals surface area contributed by atoms with Crippen LogP contribution in [0.1, 0.15) is 50.3 Å². The Balaban J connectivity index is 1.73. The van der Waals surface area contributed by atoms with Gasteiger partial charge in [0.15, 0.2) is 0 Å². The Morgan fingerprint density at radius 2 is 2.00 bits per heavy atom. The van der Waals surface area contributed by atoms with E-state index < -0.39 is 10.0 Å². The van der Waals surface area contributed by atoms with E-state index in [0.29, 0.717) is 23.3 Å². The van der Waals surface area contributed by atoms with E-state index in [-0.39, 0.29) is 11.8 Å². The molecular formula is C18H28N2O3S2. The molecule has 2 aliphatic rings. The molecule has 2 fully saturated rings. The highest BCUT2D eigenvalue weighted by Gasteiger charge is 2.37. The minimum atomic E-state index is -3.48. The maximum absolute atomic E-state index is 13.0. The summed E-state index contributed by atoms with van der Waals surface area (Å²) in [4.78, 5) is 16.1. The summed E-state index contributed by atoms with van der Waals surface area (Å²) in [5, 5.41) is 0. The normalized spacial score (nSPS) is 25.9. The van der Waals surface area contributed by atoms with Crippen LogP contribution in [-0.2, 0) is 14.8 Å². The third-order valence-electron chi connectivity index (χ3n) is 5.42. The molecule has 2 saturated heterocycles. The van der Waals surface area contributed by atoms with Crippen molar-refractivity contribution in [3.8, 4) is 0 Å². The van der Waals surface area contributed by atoms with Gasteiger partial charge in [0.05, 0.1) is 5.92 Å². The molecule has 1 aromatic rings. The van der Waals surface area contributed by atoms with Crippen molar-refractivity contribution in [1.29, 1.82) is 0 Å². The fraction of sp³-hybridized carbons (Fsp3) is 0.722. The third kappa shape index (κ3) is 3.93. The lowest BCUT2D eigenvalue weighted by Crippen LogP contribution is -2.50. The number of hydrogen-bond acceptors (Lipinski definition) is 4. The lowest BCUT2D eigenvalue weighted by Gasteiger charge is -2.39. The van der Waals surface area contributed by atoms with Crippen LogP contribution in [0.4, 0.5) is 0 Å². The number of rotatable bonds is 4. The second-order valence-corrected chi connectivity index (χ2v) is 10.6. The Kier molecular flexibility index (Phi) is 5.85. The summed E-state index contributed by atoms with van der Waals surface area (Å²) in [6, 6.07) is 3.84. The van der Waals surface area contributed by atoms with Crippen molar-refractivity contribution in [3.05, 3.63) is 17.0 Å². The molecule has 2 aliphatic heterocycles. The number of piperidine rings is 2. The number of sulfonamides is 1. The fourth-order valence-electron chi connectivity index (χ4n) is 3.99. The van der Waals surface area contributed by atoms with Gasteiger partial charge in [0.2, 0.25) is 5.91 Å². The molecule has 0 aliphatic carbocycles. The molecule has 0 bridgehead atoms. The maximum Gasteiger partial charge on any atom is 0.252 e. The van der Waals surface area contributed by atoms with Crippen molar-refractivity contribution in [2.45, 2.75) is 62.6 Å². The van der Waals surface area contributed by atoms with Gasteiger partial charge in [-0.3, -0.25) is 4.79 Å². The summed E-state index contributed by atoms with van der Waals surface area (Å²) in [5.74, 6) is -0.0365. The number of hydrogen-bond donors (Lipinski definition) is 0. The molecule has 3 rings (SSSR count). The van der Waals surface area contributed by atoms with Crippen LogP contribution in [0.3, 0.4) is 0 Å². The van der Waals surface area contributed by atoms with E-state index in [0.717, 1.165) is 43.5 Å². The molecule has 5 nitrogen and oxygen atoms in total. The van der Waals surface area contributed by atoms with Crippen molar-refractivity contribution in [3.63, 3.8) is 0 Å². The average molecular weight is 385 g/mol. The molecule has 1 aromatic heterocycles. The summed E-state index contributed by atoms with van der Waals surface area (Å²) < 4.78 is 27.7. The Morgan fingerprint density at radius 3 is 2.68 bits per heavy atom. The van der Waals surface area contributed by atoms with E-state index in [1.807, 2.05) is 17.9 Å². The summed E-state index contributed by atoms with van der Waals surface area (Å²) in [7, 11) is -3.48. The van der Waals surface area contributed by atoms with Crippen LogP contribution in [0.5, 0.6) is 0 Å². The largest absolute Gasteiger partial charge is 0.339 e. The lowest BCUT2D eigenvalue weighted by atomic mass is 9.93. The number of likely N-dealkylation sites (tertiary alicyclic amines) is 1. The van der Waals surface area contributed by atoms with Crippen molar-refractivity contribution in [2.75, 3.05) is 19.6 Å². The summed E-state index contributed by atoms with van der Waals surface area (Å²) in [5.41, 5.74) is 0. The average Bonchev–Trinajstić information content (AvgIpc) is 3.08. The van der Waals surface area contributed by atoms with Crippen LogP contribution in [0.25, 0.3) is 0 Å². The van der Waals surface area contributed by atoms with Crippen molar-refractivity contribution >= 4 is 27.3 Å². The molecular weight excluding hydrogens is 356 g/mol. The highest BCUT2D eigenvalue weighted by atomic mass is 32.2. The third-order valence-corrected chi connectivity index (χ3v) is 8.76. The van der Waals surface area contributed by atoms with Gasteiger partial charge in [-0.2, -0.15) is 4.31 Å². The number of carbonyl (C=O) groups is 1. The summed E-state index contributed by atoms with van der Waals surface area (Å²) in [6.45, 7) is 5.70. The van der Waals surface area contributed by atoms with E-state index >= 15 is 0 Å². The van der Waals surface area contributed by atoms with E-state index in [1.165, 1.54) is 22.1 Å². The second-order valence-electron chi connectivity index (χ2n) is 7.16. The van der Waals surface area contributed by atoms with Crippen LogP contribution < -0.4 is 0 Å². The smallest absolute Gasteiger partial charge is 0.252 e. The highest BCUT2D eigenvalue weighted by molar-refractivity contribution is 7.91. The van der Waals surface area contributed by atoms with Gasteiger partial charge in [0.1, 0.15) is 4.21 Å². The zero-order valence-electron chi connectivity index (χ0n) is 15.1. The van der Waals surface area contributed by atoms with Crippen molar-refractivity contribution in [2.24, 2.45) is 5.92 Å². The molecule has 3 heterocycles. The Hall–Kier alpha value is -0.920. The Bertz CT molecular complexity index is 714. The van der Waals surface area contributed by atoms with Gasteiger partial charge in [-0.05, 0) is 57.6 Å². The van der Waals surface area contributed by atoms with Crippen LogP contribution in [0, 0.1) is 12.8 Å². The van der Waals surface area contributed by atoms with E-state index in [2.05, 4.69) is 6.92 Å². The van der Waals surface area contributed by atoms with E-state index in [1.54, 1.807) is 6.07 Å². The topological polar surface area (TPSA) is 57.7 Å². The van der Waals surface area contributed by atoms with Crippen LogP contribution in [0.2, 0.25) is 0 Å². The monoisotopic (exact) mass is 384 g/mol. The number of nitrogens with zero attached hydrogens (tertiary/aromatic N) is 2. The molecule has 2 atom stereocenters. The first-order chi connectivity index (χ1) is 11.9. The van der Waals surface area contributed by atoms with Gasteiger partial charge in [0, 0.05) is 30.6 Å². The molecule has 25 heavy (non-hydrogen) atoms. The number of amides is 1. The molecule has 1 amide bonds. The molecule has 0 aromatic carbocycles. The molecule has 2 unspecified atom stereocenters. The zero-order chi connectivity index (χ0) is 18.0. The van der Waals surface area contributed by atoms with Gasteiger partial charge in [-0.1, -0.05) is 6.92 Å².